The summed E-state index contributed by atoms with van der Waals surface area (Å²) in [5.74, 6) is 0.776. The molecule has 0 saturated carbocycles. The fourth-order valence-electron chi connectivity index (χ4n) is 7.78. The lowest BCUT2D eigenvalue weighted by Gasteiger charge is -2.42. The van der Waals surface area contributed by atoms with Gasteiger partial charge >= 0.3 is 12.3 Å². The minimum Gasteiger partial charge on any atom is -0.444 e. The molecule has 2 aromatic heterocycles. The molecular formula is C40H47F3N8O4. The Balaban J connectivity index is 1.26. The number of amides is 2. The molecule has 2 saturated heterocycles. The topological polar surface area (TPSA) is 132 Å². The van der Waals surface area contributed by atoms with E-state index in [0.717, 1.165) is 43.5 Å². The summed E-state index contributed by atoms with van der Waals surface area (Å²) in [7, 11) is 1.83. The van der Waals surface area contributed by atoms with Crippen molar-refractivity contribution in [3.8, 4) is 0 Å². The Morgan fingerprint density at radius 1 is 1.11 bits per heavy atom. The van der Waals surface area contributed by atoms with Crippen LogP contribution in [-0.4, -0.2) is 76.0 Å². The predicted molar refractivity (Wildman–Crippen MR) is 199 cm³/mol. The standard InChI is InChI=1S/C40H47F3N8O4/c1-4-27-7-9-28(10-8-27)22-55-38(53)50(13-11-44)34-16-30(39(23-54-24-39)18-36-47-45-25-48(36)3)17-35(46-34)51-21-32-31(37(51)52)14-29(15-33(32)40(41,42)43)20-49-12-5-6-26(2)19-49/h7-10,14-17,25-26H,4-6,11-13,18-24,44H2,1-3H3/t26-/m0/s1. The second kappa shape index (κ2) is 15.7. The van der Waals surface area contributed by atoms with Crippen LogP contribution in [0.1, 0.15) is 76.3 Å². The summed E-state index contributed by atoms with van der Waals surface area (Å²) in [5, 5.41) is 8.30. The number of nitrogens with two attached hydrogens (primary N) is 1. The van der Waals surface area contributed by atoms with Crippen LogP contribution in [0.25, 0.3) is 0 Å². The van der Waals surface area contributed by atoms with Crippen LogP contribution in [0.3, 0.4) is 0 Å². The van der Waals surface area contributed by atoms with Gasteiger partial charge < -0.3 is 19.8 Å². The highest BCUT2D eigenvalue weighted by Gasteiger charge is 2.45. The van der Waals surface area contributed by atoms with Gasteiger partial charge in [0, 0.05) is 50.6 Å². The number of fused-ring (bicyclic) bond motifs is 1. The number of halogens is 3. The first-order chi connectivity index (χ1) is 26.4. The average molecular weight is 761 g/mol. The number of carbonyl (C=O) groups excluding carboxylic acids is 2. The molecule has 0 radical (unpaired) electrons. The third kappa shape index (κ3) is 8.10. The molecule has 4 aromatic rings. The number of pyridine rings is 1. The van der Waals surface area contributed by atoms with Crippen LogP contribution in [0, 0.1) is 5.92 Å². The Kier molecular flexibility index (Phi) is 11.0. The summed E-state index contributed by atoms with van der Waals surface area (Å²) >= 11 is 0. The van der Waals surface area contributed by atoms with Gasteiger partial charge in [-0.3, -0.25) is 19.5 Å². The van der Waals surface area contributed by atoms with Gasteiger partial charge in [-0.25, -0.2) is 9.78 Å². The summed E-state index contributed by atoms with van der Waals surface area (Å²) in [6.45, 7) is 6.41. The van der Waals surface area contributed by atoms with E-state index in [0.29, 0.717) is 49.0 Å². The molecule has 55 heavy (non-hydrogen) atoms. The SMILES string of the molecule is CCc1ccc(COC(=O)N(CCN)c2cc(C3(Cc4nncn4C)COC3)cc(N3Cc4c(cc(CN5CCC[C@H](C)C5)cc4C(F)(F)F)C3=O)n2)cc1. The number of anilines is 2. The van der Waals surface area contributed by atoms with E-state index in [4.69, 9.17) is 20.2 Å². The average Bonchev–Trinajstić information content (AvgIpc) is 3.71. The van der Waals surface area contributed by atoms with Crippen LogP contribution in [0.4, 0.5) is 29.6 Å². The Bertz CT molecular complexity index is 2030. The molecule has 3 aliphatic heterocycles. The van der Waals surface area contributed by atoms with E-state index in [1.165, 1.54) is 15.9 Å². The Hall–Kier alpha value is -4.86. The number of likely N-dealkylation sites (tertiary alicyclic amines) is 1. The molecule has 2 amide bonds. The molecule has 3 aliphatic rings. The zero-order valence-corrected chi connectivity index (χ0v) is 31.4. The van der Waals surface area contributed by atoms with Crippen LogP contribution in [0.15, 0.2) is 54.9 Å². The van der Waals surface area contributed by atoms with E-state index in [9.17, 15) is 22.8 Å². The molecule has 0 spiro atoms. The normalized spacial score (nSPS) is 18.3. The lowest BCUT2D eigenvalue weighted by Crippen LogP contribution is -2.49. The lowest BCUT2D eigenvalue weighted by atomic mass is 9.75. The van der Waals surface area contributed by atoms with E-state index in [1.807, 2.05) is 31.3 Å². The van der Waals surface area contributed by atoms with Crippen LogP contribution >= 0.6 is 0 Å². The van der Waals surface area contributed by atoms with Gasteiger partial charge in [0.05, 0.1) is 25.3 Å². The van der Waals surface area contributed by atoms with E-state index < -0.39 is 29.2 Å². The second-order valence-corrected chi connectivity index (χ2v) is 15.1. The van der Waals surface area contributed by atoms with E-state index in [1.54, 1.807) is 29.1 Å². The number of piperidine rings is 1. The maximum atomic E-state index is 14.7. The number of benzene rings is 2. The number of rotatable bonds is 12. The van der Waals surface area contributed by atoms with E-state index >= 15 is 0 Å². The molecule has 2 N–H and O–H groups in total. The number of alkyl halides is 3. The van der Waals surface area contributed by atoms with Crippen molar-refractivity contribution in [3.05, 3.63) is 99.6 Å². The third-order valence-electron chi connectivity index (χ3n) is 10.9. The molecule has 2 aromatic carbocycles. The molecule has 15 heteroatoms. The van der Waals surface area contributed by atoms with Crippen molar-refractivity contribution in [2.24, 2.45) is 18.7 Å². The predicted octanol–water partition coefficient (Wildman–Crippen LogP) is 5.80. The van der Waals surface area contributed by atoms with Gasteiger partial charge in [0.15, 0.2) is 0 Å². The Morgan fingerprint density at radius 3 is 2.51 bits per heavy atom. The van der Waals surface area contributed by atoms with E-state index in [2.05, 4.69) is 28.9 Å². The number of hydrogen-bond donors (Lipinski definition) is 1. The van der Waals surface area contributed by atoms with Crippen molar-refractivity contribution in [1.29, 1.82) is 0 Å². The number of nitrogens with zero attached hydrogens (tertiary/aromatic N) is 7. The summed E-state index contributed by atoms with van der Waals surface area (Å²) in [6, 6.07) is 14.0. The molecule has 0 aliphatic carbocycles. The fraction of sp³-hybridized carbons (Fsp3) is 0.475. The molecule has 5 heterocycles. The molecule has 12 nitrogen and oxygen atoms in total. The molecule has 7 rings (SSSR count). The number of aromatic nitrogens is 4. The minimum atomic E-state index is -4.69. The number of ether oxygens (including phenoxy) is 2. The first-order valence-electron chi connectivity index (χ1n) is 18.8. The second-order valence-electron chi connectivity index (χ2n) is 15.1. The molecular weight excluding hydrogens is 713 g/mol. The van der Waals surface area contributed by atoms with Gasteiger partial charge in [0.1, 0.15) is 30.4 Å². The van der Waals surface area contributed by atoms with Gasteiger partial charge in [0.25, 0.3) is 5.91 Å². The lowest BCUT2D eigenvalue weighted by molar-refractivity contribution is -0.138. The van der Waals surface area contributed by atoms with Crippen LogP contribution in [0.5, 0.6) is 0 Å². The summed E-state index contributed by atoms with van der Waals surface area (Å²) in [4.78, 5) is 37.6. The molecule has 1 atom stereocenters. The number of aryl methyl sites for hydroxylation is 2. The number of carbonyl (C=O) groups is 2. The molecule has 292 valence electrons. The summed E-state index contributed by atoms with van der Waals surface area (Å²) < 4.78 is 57.5. The van der Waals surface area contributed by atoms with Crippen LogP contribution in [0.2, 0.25) is 0 Å². The van der Waals surface area contributed by atoms with Crippen molar-refractivity contribution >= 4 is 23.6 Å². The van der Waals surface area contributed by atoms with Crippen molar-refractivity contribution < 1.29 is 32.2 Å². The van der Waals surface area contributed by atoms with Gasteiger partial charge in [-0.15, -0.1) is 10.2 Å². The minimum absolute atomic E-state index is 0.000797. The van der Waals surface area contributed by atoms with Crippen LogP contribution < -0.4 is 15.5 Å². The van der Waals surface area contributed by atoms with Gasteiger partial charge in [0.2, 0.25) is 0 Å². The first kappa shape index (κ1) is 38.4. The molecule has 0 bridgehead atoms. The quantitative estimate of drug-likeness (QED) is 0.191. The van der Waals surface area contributed by atoms with Crippen molar-refractivity contribution in [3.63, 3.8) is 0 Å². The maximum absolute atomic E-state index is 14.7. The zero-order chi connectivity index (χ0) is 38.9. The maximum Gasteiger partial charge on any atom is 0.416 e. The summed E-state index contributed by atoms with van der Waals surface area (Å²) in [6.07, 6.45) is -0.465. The van der Waals surface area contributed by atoms with Crippen molar-refractivity contribution in [2.75, 3.05) is 49.2 Å². The van der Waals surface area contributed by atoms with E-state index in [-0.39, 0.29) is 49.0 Å². The third-order valence-corrected chi connectivity index (χ3v) is 10.9. The molecule has 0 unspecified atom stereocenters. The van der Waals surface area contributed by atoms with Gasteiger partial charge in [-0.2, -0.15) is 13.2 Å². The highest BCUT2D eigenvalue weighted by molar-refractivity contribution is 6.10. The van der Waals surface area contributed by atoms with Crippen molar-refractivity contribution in [2.45, 2.75) is 70.8 Å². The zero-order valence-electron chi connectivity index (χ0n) is 31.4. The summed E-state index contributed by atoms with van der Waals surface area (Å²) in [5.41, 5.74) is 7.48. The van der Waals surface area contributed by atoms with Crippen molar-refractivity contribution in [1.82, 2.24) is 24.6 Å². The van der Waals surface area contributed by atoms with Gasteiger partial charge in [-0.05, 0) is 83.8 Å². The fourth-order valence-corrected chi connectivity index (χ4v) is 7.78. The highest BCUT2D eigenvalue weighted by atomic mass is 19.4. The van der Waals surface area contributed by atoms with Crippen LogP contribution in [-0.2, 0) is 60.7 Å². The Morgan fingerprint density at radius 2 is 1.87 bits per heavy atom. The monoisotopic (exact) mass is 760 g/mol. The molecule has 2 fully saturated rings. The van der Waals surface area contributed by atoms with Gasteiger partial charge in [-0.1, -0.05) is 38.1 Å². The largest absolute Gasteiger partial charge is 0.444 e. The highest BCUT2D eigenvalue weighted by Crippen LogP contribution is 2.42. The Labute approximate surface area is 318 Å². The number of hydrogen-bond acceptors (Lipinski definition) is 9. The first-order valence-corrected chi connectivity index (χ1v) is 18.8. The smallest absolute Gasteiger partial charge is 0.416 e.